The molecule has 17 heavy (non-hydrogen) atoms. The Kier molecular flexibility index (Phi) is 5.94. The lowest BCUT2D eigenvalue weighted by atomic mass is 10.0. The molecule has 0 saturated carbocycles. The van der Waals surface area contributed by atoms with Crippen molar-refractivity contribution in [3.8, 4) is 0 Å². The van der Waals surface area contributed by atoms with Crippen LogP contribution in [-0.4, -0.2) is 36.1 Å². The van der Waals surface area contributed by atoms with Gasteiger partial charge in [0, 0.05) is 11.6 Å². The number of nitrogens with zero attached hydrogens (tertiary/aromatic N) is 1. The molecule has 1 aliphatic heterocycles. The third-order valence-electron chi connectivity index (χ3n) is 3.71. The van der Waals surface area contributed by atoms with Crippen LogP contribution in [0.15, 0.2) is 0 Å². The van der Waals surface area contributed by atoms with Gasteiger partial charge < -0.3 is 10.2 Å². The summed E-state index contributed by atoms with van der Waals surface area (Å²) in [6.07, 6.45) is 5.46. The lowest BCUT2D eigenvalue weighted by molar-refractivity contribution is 0.202. The fraction of sp³-hybridized carbons (Fsp3) is 1.00. The molecule has 0 spiro atoms. The molecule has 0 aromatic rings. The van der Waals surface area contributed by atoms with Crippen LogP contribution < -0.4 is 5.32 Å². The van der Waals surface area contributed by atoms with Crippen LogP contribution in [-0.2, 0) is 0 Å². The predicted octanol–water partition coefficient (Wildman–Crippen LogP) is 3.28. The molecule has 0 radical (unpaired) electrons. The predicted molar refractivity (Wildman–Crippen MR) is 76.4 cm³/mol. The van der Waals surface area contributed by atoms with E-state index < -0.39 is 0 Å². The van der Waals surface area contributed by atoms with Crippen LogP contribution in [0.25, 0.3) is 0 Å². The van der Waals surface area contributed by atoms with E-state index in [1.807, 2.05) is 0 Å². The van der Waals surface area contributed by atoms with Gasteiger partial charge >= 0.3 is 0 Å². The average Bonchev–Trinajstić information content (AvgIpc) is 2.63. The Bertz CT molecular complexity index is 205. The van der Waals surface area contributed by atoms with Crippen LogP contribution in [0, 0.1) is 5.92 Å². The van der Waals surface area contributed by atoms with Crippen molar-refractivity contribution in [3.63, 3.8) is 0 Å². The Hall–Kier alpha value is -0.0800. The smallest absolute Gasteiger partial charge is 0.0119 e. The van der Waals surface area contributed by atoms with Crippen molar-refractivity contribution in [2.24, 2.45) is 5.92 Å². The molecule has 2 heteroatoms. The Morgan fingerprint density at radius 2 is 1.94 bits per heavy atom. The summed E-state index contributed by atoms with van der Waals surface area (Å²) in [5, 5.41) is 3.56. The van der Waals surface area contributed by atoms with E-state index in [9.17, 15) is 0 Å². The van der Waals surface area contributed by atoms with Crippen LogP contribution in [0.5, 0.6) is 0 Å². The number of unbranched alkanes of at least 4 members (excludes halogenated alkanes) is 1. The number of hydrogen-bond acceptors (Lipinski definition) is 2. The van der Waals surface area contributed by atoms with E-state index in [2.05, 4.69) is 44.8 Å². The number of likely N-dealkylation sites (tertiary alicyclic amines) is 1. The minimum atomic E-state index is 0.272. The molecule has 1 atom stereocenters. The zero-order valence-electron chi connectivity index (χ0n) is 12.6. The summed E-state index contributed by atoms with van der Waals surface area (Å²) >= 11 is 0. The van der Waals surface area contributed by atoms with E-state index in [4.69, 9.17) is 0 Å². The number of hydrogen-bond donors (Lipinski definition) is 1. The first kappa shape index (κ1) is 15.0. The molecule has 0 aliphatic carbocycles. The summed E-state index contributed by atoms with van der Waals surface area (Å²) in [5.74, 6) is 0.824. The van der Waals surface area contributed by atoms with Crippen molar-refractivity contribution in [1.29, 1.82) is 0 Å². The first-order chi connectivity index (χ1) is 7.90. The fourth-order valence-electron chi connectivity index (χ4n) is 2.79. The lowest BCUT2D eigenvalue weighted by Gasteiger charge is -2.27. The molecular formula is C15H32N2. The number of nitrogens with one attached hydrogen (secondary N) is 1. The maximum absolute atomic E-state index is 3.56. The van der Waals surface area contributed by atoms with Gasteiger partial charge in [0.1, 0.15) is 0 Å². The molecule has 1 rings (SSSR count). The van der Waals surface area contributed by atoms with E-state index in [1.54, 1.807) is 0 Å². The van der Waals surface area contributed by atoms with Gasteiger partial charge in [-0.05, 0) is 72.0 Å². The van der Waals surface area contributed by atoms with Crippen molar-refractivity contribution in [2.45, 2.75) is 71.9 Å². The summed E-state index contributed by atoms with van der Waals surface area (Å²) in [5.41, 5.74) is 0.272. The molecule has 1 unspecified atom stereocenters. The lowest BCUT2D eigenvalue weighted by Crippen LogP contribution is -2.37. The zero-order valence-corrected chi connectivity index (χ0v) is 12.6. The van der Waals surface area contributed by atoms with Crippen molar-refractivity contribution in [1.82, 2.24) is 10.2 Å². The normalized spacial score (nSPS) is 22.6. The molecule has 2 nitrogen and oxygen atoms in total. The molecule has 0 amide bonds. The van der Waals surface area contributed by atoms with Gasteiger partial charge in [0.2, 0.25) is 0 Å². The average molecular weight is 240 g/mol. The highest BCUT2D eigenvalue weighted by Gasteiger charge is 2.26. The third-order valence-corrected chi connectivity index (χ3v) is 3.71. The van der Waals surface area contributed by atoms with E-state index in [0.717, 1.165) is 18.5 Å². The summed E-state index contributed by atoms with van der Waals surface area (Å²) < 4.78 is 0. The van der Waals surface area contributed by atoms with Crippen molar-refractivity contribution in [2.75, 3.05) is 19.6 Å². The van der Waals surface area contributed by atoms with Gasteiger partial charge in [0.25, 0.3) is 0 Å². The van der Waals surface area contributed by atoms with Crippen LogP contribution in [0.4, 0.5) is 0 Å². The molecule has 0 aromatic heterocycles. The van der Waals surface area contributed by atoms with E-state index in [0.29, 0.717) is 0 Å². The van der Waals surface area contributed by atoms with Gasteiger partial charge in [0.15, 0.2) is 0 Å². The minimum Gasteiger partial charge on any atom is -0.312 e. The third kappa shape index (κ3) is 5.87. The Balaban J connectivity index is 2.10. The maximum Gasteiger partial charge on any atom is 0.0119 e. The second-order valence-electron chi connectivity index (χ2n) is 6.87. The molecule has 102 valence electrons. The molecule has 1 saturated heterocycles. The maximum atomic E-state index is 3.56. The summed E-state index contributed by atoms with van der Waals surface area (Å²) in [7, 11) is 0. The largest absolute Gasteiger partial charge is 0.312 e. The van der Waals surface area contributed by atoms with E-state index >= 15 is 0 Å². The van der Waals surface area contributed by atoms with Gasteiger partial charge in [-0.1, -0.05) is 13.8 Å². The first-order valence-electron chi connectivity index (χ1n) is 7.39. The van der Waals surface area contributed by atoms with Gasteiger partial charge in [0.05, 0.1) is 0 Å². The van der Waals surface area contributed by atoms with Crippen LogP contribution >= 0.6 is 0 Å². The highest BCUT2D eigenvalue weighted by molar-refractivity contribution is 4.81. The molecule has 0 aromatic carbocycles. The SMILES string of the molecule is CC(C)C1CCCN1CCCCNC(C)(C)C. The highest BCUT2D eigenvalue weighted by atomic mass is 15.2. The zero-order chi connectivity index (χ0) is 12.9. The second-order valence-corrected chi connectivity index (χ2v) is 6.87. The molecule has 1 fully saturated rings. The second kappa shape index (κ2) is 6.75. The molecule has 1 heterocycles. The molecule has 0 bridgehead atoms. The standard InChI is InChI=1S/C15H32N2/c1-13(2)14-9-8-12-17(14)11-7-6-10-16-15(3,4)5/h13-14,16H,6-12H2,1-5H3. The highest BCUT2D eigenvalue weighted by Crippen LogP contribution is 2.23. The first-order valence-corrected chi connectivity index (χ1v) is 7.39. The van der Waals surface area contributed by atoms with Crippen molar-refractivity contribution in [3.05, 3.63) is 0 Å². The molecule has 1 N–H and O–H groups in total. The summed E-state index contributed by atoms with van der Waals surface area (Å²) in [6.45, 7) is 15.2. The van der Waals surface area contributed by atoms with Crippen LogP contribution in [0.1, 0.15) is 60.3 Å². The van der Waals surface area contributed by atoms with Crippen LogP contribution in [0.3, 0.4) is 0 Å². The van der Waals surface area contributed by atoms with Gasteiger partial charge in [-0.3, -0.25) is 0 Å². The molecular weight excluding hydrogens is 208 g/mol. The van der Waals surface area contributed by atoms with Crippen molar-refractivity contribution < 1.29 is 0 Å². The van der Waals surface area contributed by atoms with Gasteiger partial charge in [-0.25, -0.2) is 0 Å². The summed E-state index contributed by atoms with van der Waals surface area (Å²) in [4.78, 5) is 2.71. The quantitative estimate of drug-likeness (QED) is 0.717. The van der Waals surface area contributed by atoms with Crippen molar-refractivity contribution >= 4 is 0 Å². The fourth-order valence-corrected chi connectivity index (χ4v) is 2.79. The van der Waals surface area contributed by atoms with E-state index in [1.165, 1.54) is 38.8 Å². The van der Waals surface area contributed by atoms with Gasteiger partial charge in [-0.15, -0.1) is 0 Å². The van der Waals surface area contributed by atoms with Gasteiger partial charge in [-0.2, -0.15) is 0 Å². The Labute approximate surface area is 108 Å². The molecule has 1 aliphatic rings. The summed E-state index contributed by atoms with van der Waals surface area (Å²) in [6, 6.07) is 0.852. The minimum absolute atomic E-state index is 0.272. The topological polar surface area (TPSA) is 15.3 Å². The van der Waals surface area contributed by atoms with Crippen LogP contribution in [0.2, 0.25) is 0 Å². The Morgan fingerprint density at radius 3 is 2.53 bits per heavy atom. The Morgan fingerprint density at radius 1 is 1.24 bits per heavy atom. The number of rotatable bonds is 6. The van der Waals surface area contributed by atoms with E-state index in [-0.39, 0.29) is 5.54 Å². The monoisotopic (exact) mass is 240 g/mol.